The number of hydrogen-bond donors (Lipinski definition) is 0. The van der Waals surface area contributed by atoms with Crippen LogP contribution in [0.25, 0.3) is 10.8 Å². The third-order valence-corrected chi connectivity index (χ3v) is 6.48. The summed E-state index contributed by atoms with van der Waals surface area (Å²) in [6.45, 7) is 5.59. The molecule has 1 saturated heterocycles. The average molecular weight is 396 g/mol. The van der Waals surface area contributed by atoms with Crippen molar-refractivity contribution >= 4 is 16.7 Å². The maximum Gasteiger partial charge on any atom is 0.255 e. The fourth-order valence-electron chi connectivity index (χ4n) is 4.74. The molecule has 4 rings (SSSR count). The predicted molar refractivity (Wildman–Crippen MR) is 117 cm³/mol. The molecule has 156 valence electrons. The van der Waals surface area contributed by atoms with Gasteiger partial charge in [-0.3, -0.25) is 9.69 Å². The number of nitrogens with zero attached hydrogens (tertiary/aromatic N) is 3. The van der Waals surface area contributed by atoms with Crippen molar-refractivity contribution in [2.45, 2.75) is 38.3 Å². The molecule has 1 amide bonds. The molecule has 2 aromatic rings. The Hall–Kier alpha value is -1.95. The highest BCUT2D eigenvalue weighted by Crippen LogP contribution is 2.28. The highest BCUT2D eigenvalue weighted by atomic mass is 16.5. The molecule has 0 N–H and O–H groups in total. The maximum atomic E-state index is 13.5. The van der Waals surface area contributed by atoms with E-state index in [9.17, 15) is 4.79 Å². The van der Waals surface area contributed by atoms with Gasteiger partial charge in [0.1, 0.15) is 6.73 Å². The fourth-order valence-corrected chi connectivity index (χ4v) is 4.74. The van der Waals surface area contributed by atoms with Gasteiger partial charge in [-0.25, -0.2) is 0 Å². The highest BCUT2D eigenvalue weighted by molar-refractivity contribution is 6.00. The smallest absolute Gasteiger partial charge is 0.255 e. The molecule has 29 heavy (non-hydrogen) atoms. The molecule has 1 heterocycles. The van der Waals surface area contributed by atoms with Gasteiger partial charge in [-0.05, 0) is 48.4 Å². The summed E-state index contributed by atoms with van der Waals surface area (Å²) in [7, 11) is 3.86. The lowest BCUT2D eigenvalue weighted by Crippen LogP contribution is -2.44. The molecule has 2 aliphatic rings. The number of fused-ring (bicyclic) bond motifs is 1. The van der Waals surface area contributed by atoms with Gasteiger partial charge in [0, 0.05) is 51.4 Å². The number of ether oxygens (including phenoxy) is 1. The SMILES string of the molecule is COCN(C(=O)c1cc(CN2CCN(C)CC2)c2ccccc2c1)C1CCCC1. The molecule has 0 spiro atoms. The molecule has 0 unspecified atom stereocenters. The zero-order valence-electron chi connectivity index (χ0n) is 17.8. The standard InChI is InChI=1S/C24H33N3O2/c1-25-11-13-26(14-12-25)17-21-16-20(15-19-7-3-6-10-23(19)21)24(28)27(18-29-2)22-8-4-5-9-22/h3,6-7,10,15-16,22H,4-5,8-9,11-14,17-18H2,1-2H3. The van der Waals surface area contributed by atoms with Crippen molar-refractivity contribution in [1.82, 2.24) is 14.7 Å². The monoisotopic (exact) mass is 395 g/mol. The number of carbonyl (C=O) groups excluding carboxylic acids is 1. The van der Waals surface area contributed by atoms with Gasteiger partial charge < -0.3 is 14.5 Å². The Morgan fingerprint density at radius 3 is 2.55 bits per heavy atom. The minimum Gasteiger partial charge on any atom is -0.364 e. The van der Waals surface area contributed by atoms with Gasteiger partial charge in [-0.15, -0.1) is 0 Å². The molecule has 1 aliphatic heterocycles. The van der Waals surface area contributed by atoms with E-state index in [2.05, 4.69) is 53.2 Å². The van der Waals surface area contributed by atoms with Crippen LogP contribution in [0.5, 0.6) is 0 Å². The van der Waals surface area contributed by atoms with Crippen LogP contribution in [0.1, 0.15) is 41.6 Å². The molecule has 0 bridgehead atoms. The summed E-state index contributed by atoms with van der Waals surface area (Å²) in [5.41, 5.74) is 2.04. The lowest BCUT2D eigenvalue weighted by molar-refractivity contribution is 0.0266. The van der Waals surface area contributed by atoms with E-state index in [0.29, 0.717) is 12.8 Å². The minimum absolute atomic E-state index is 0.101. The van der Waals surface area contributed by atoms with Gasteiger partial charge in [-0.1, -0.05) is 37.1 Å². The molecule has 0 radical (unpaired) electrons. The summed E-state index contributed by atoms with van der Waals surface area (Å²) in [6, 6.07) is 12.9. The van der Waals surface area contributed by atoms with E-state index in [0.717, 1.165) is 56.5 Å². The number of methoxy groups -OCH3 is 1. The van der Waals surface area contributed by atoms with Crippen molar-refractivity contribution in [3.05, 3.63) is 47.5 Å². The zero-order chi connectivity index (χ0) is 20.2. The van der Waals surface area contributed by atoms with Crippen molar-refractivity contribution in [1.29, 1.82) is 0 Å². The summed E-state index contributed by atoms with van der Waals surface area (Å²) in [5.74, 6) is 0.101. The largest absolute Gasteiger partial charge is 0.364 e. The highest BCUT2D eigenvalue weighted by Gasteiger charge is 2.28. The summed E-state index contributed by atoms with van der Waals surface area (Å²) >= 11 is 0. The zero-order valence-corrected chi connectivity index (χ0v) is 17.8. The Bertz CT molecular complexity index is 839. The Morgan fingerprint density at radius 1 is 1.10 bits per heavy atom. The normalized spacial score (nSPS) is 19.1. The van der Waals surface area contributed by atoms with Crippen LogP contribution in [0.4, 0.5) is 0 Å². The molecule has 0 atom stereocenters. The Balaban J connectivity index is 1.64. The third kappa shape index (κ3) is 4.63. The molecule has 5 heteroatoms. The second-order valence-electron chi connectivity index (χ2n) is 8.57. The maximum absolute atomic E-state index is 13.5. The van der Waals surface area contributed by atoms with E-state index in [1.165, 1.54) is 23.8 Å². The topological polar surface area (TPSA) is 36.0 Å². The lowest BCUT2D eigenvalue weighted by Gasteiger charge is -2.33. The van der Waals surface area contributed by atoms with Crippen LogP contribution in [0.3, 0.4) is 0 Å². The van der Waals surface area contributed by atoms with Crippen LogP contribution >= 0.6 is 0 Å². The van der Waals surface area contributed by atoms with Crippen LogP contribution in [0, 0.1) is 0 Å². The number of likely N-dealkylation sites (N-methyl/N-ethyl adjacent to an activating group) is 1. The second kappa shape index (κ2) is 9.24. The Morgan fingerprint density at radius 2 is 1.83 bits per heavy atom. The van der Waals surface area contributed by atoms with Gasteiger partial charge in [-0.2, -0.15) is 0 Å². The van der Waals surface area contributed by atoms with Crippen LogP contribution < -0.4 is 0 Å². The summed E-state index contributed by atoms with van der Waals surface area (Å²) in [6.07, 6.45) is 4.56. The summed E-state index contributed by atoms with van der Waals surface area (Å²) in [4.78, 5) is 20.3. The van der Waals surface area contributed by atoms with Crippen LogP contribution in [-0.2, 0) is 11.3 Å². The lowest BCUT2D eigenvalue weighted by atomic mass is 9.99. The first kappa shape index (κ1) is 20.3. The first-order chi connectivity index (χ1) is 14.2. The Kier molecular flexibility index (Phi) is 6.48. The van der Waals surface area contributed by atoms with Gasteiger partial charge in [0.05, 0.1) is 0 Å². The molecule has 5 nitrogen and oxygen atoms in total. The first-order valence-electron chi connectivity index (χ1n) is 10.9. The van der Waals surface area contributed by atoms with Crippen molar-refractivity contribution in [3.63, 3.8) is 0 Å². The van der Waals surface area contributed by atoms with Gasteiger partial charge in [0.25, 0.3) is 5.91 Å². The van der Waals surface area contributed by atoms with Crippen molar-refractivity contribution in [3.8, 4) is 0 Å². The molecule has 0 aromatic heterocycles. The second-order valence-corrected chi connectivity index (χ2v) is 8.57. The summed E-state index contributed by atoms with van der Waals surface area (Å²) < 4.78 is 5.40. The van der Waals surface area contributed by atoms with E-state index in [1.54, 1.807) is 7.11 Å². The number of amides is 1. The van der Waals surface area contributed by atoms with Crippen molar-refractivity contribution < 1.29 is 9.53 Å². The first-order valence-corrected chi connectivity index (χ1v) is 10.9. The molecule has 1 saturated carbocycles. The number of carbonyl (C=O) groups is 1. The van der Waals surface area contributed by atoms with Crippen molar-refractivity contribution in [2.75, 3.05) is 47.1 Å². The molecule has 2 aromatic carbocycles. The van der Waals surface area contributed by atoms with E-state index in [4.69, 9.17) is 4.74 Å². The summed E-state index contributed by atoms with van der Waals surface area (Å²) in [5, 5.41) is 2.40. The van der Waals surface area contributed by atoms with Crippen molar-refractivity contribution in [2.24, 2.45) is 0 Å². The number of rotatable bonds is 6. The molecular formula is C24H33N3O2. The van der Waals surface area contributed by atoms with E-state index >= 15 is 0 Å². The predicted octanol–water partition coefficient (Wildman–Crippen LogP) is 3.58. The molecule has 2 fully saturated rings. The number of benzene rings is 2. The quantitative estimate of drug-likeness (QED) is 0.701. The van der Waals surface area contributed by atoms with Crippen LogP contribution in [-0.4, -0.2) is 73.7 Å². The molecule has 1 aliphatic carbocycles. The minimum atomic E-state index is 0.101. The number of piperazine rings is 1. The third-order valence-electron chi connectivity index (χ3n) is 6.48. The van der Waals surface area contributed by atoms with Crippen LogP contribution in [0.2, 0.25) is 0 Å². The van der Waals surface area contributed by atoms with E-state index in [1.807, 2.05) is 4.90 Å². The van der Waals surface area contributed by atoms with Gasteiger partial charge >= 0.3 is 0 Å². The van der Waals surface area contributed by atoms with E-state index in [-0.39, 0.29) is 5.91 Å². The van der Waals surface area contributed by atoms with E-state index < -0.39 is 0 Å². The fraction of sp³-hybridized carbons (Fsp3) is 0.542. The average Bonchev–Trinajstić information content (AvgIpc) is 3.27. The number of hydrogen-bond acceptors (Lipinski definition) is 4. The van der Waals surface area contributed by atoms with Gasteiger partial charge in [0.2, 0.25) is 0 Å². The molecular weight excluding hydrogens is 362 g/mol. The Labute approximate surface area is 174 Å². The van der Waals surface area contributed by atoms with Gasteiger partial charge in [0.15, 0.2) is 0 Å². The van der Waals surface area contributed by atoms with Crippen LogP contribution in [0.15, 0.2) is 36.4 Å².